The number of nitrogens with zero attached hydrogens (tertiary/aromatic N) is 2. The van der Waals surface area contributed by atoms with Crippen LogP contribution in [0, 0.1) is 0 Å². The molecule has 0 aromatic heterocycles. The van der Waals surface area contributed by atoms with Gasteiger partial charge >= 0.3 is 0 Å². The number of anilines is 1. The van der Waals surface area contributed by atoms with Crippen LogP contribution < -0.4 is 15.4 Å². The largest absolute Gasteiger partial charge is 0.497 e. The predicted molar refractivity (Wildman–Crippen MR) is 84.5 cm³/mol. The maximum Gasteiger partial charge on any atom is 0.120 e. The Kier molecular flexibility index (Phi) is 5.68. The summed E-state index contributed by atoms with van der Waals surface area (Å²) in [6.07, 6.45) is 2.33. The standard InChI is InChI=1S/C16H27N3O/c1-14(5-4-8-17)18-9-11-19(12-10-18)15-6-3-7-16(13-15)20-2/h3,6-7,13-14H,4-5,8-12,17H2,1-2H3. The van der Waals surface area contributed by atoms with E-state index in [1.807, 2.05) is 6.07 Å². The van der Waals surface area contributed by atoms with Crippen molar-refractivity contribution in [2.24, 2.45) is 5.73 Å². The third kappa shape index (κ3) is 3.87. The van der Waals surface area contributed by atoms with E-state index in [1.54, 1.807) is 7.11 Å². The molecule has 0 aliphatic carbocycles. The number of piperazine rings is 1. The molecule has 0 saturated carbocycles. The second-order valence-corrected chi connectivity index (χ2v) is 5.50. The molecule has 0 radical (unpaired) electrons. The van der Waals surface area contributed by atoms with Gasteiger partial charge in [0.15, 0.2) is 0 Å². The van der Waals surface area contributed by atoms with E-state index in [9.17, 15) is 0 Å². The van der Waals surface area contributed by atoms with Crippen LogP contribution in [-0.2, 0) is 0 Å². The van der Waals surface area contributed by atoms with Crippen LogP contribution >= 0.6 is 0 Å². The van der Waals surface area contributed by atoms with Crippen LogP contribution in [0.1, 0.15) is 19.8 Å². The second-order valence-electron chi connectivity index (χ2n) is 5.50. The van der Waals surface area contributed by atoms with Gasteiger partial charge in [0.2, 0.25) is 0 Å². The van der Waals surface area contributed by atoms with Crippen molar-refractivity contribution in [1.82, 2.24) is 4.90 Å². The zero-order valence-electron chi connectivity index (χ0n) is 12.7. The van der Waals surface area contributed by atoms with Crippen LogP contribution in [0.25, 0.3) is 0 Å². The molecule has 4 nitrogen and oxygen atoms in total. The summed E-state index contributed by atoms with van der Waals surface area (Å²) in [4.78, 5) is 5.01. The predicted octanol–water partition coefficient (Wildman–Crippen LogP) is 1.94. The van der Waals surface area contributed by atoms with Gasteiger partial charge in [-0.1, -0.05) is 6.07 Å². The fourth-order valence-corrected chi connectivity index (χ4v) is 2.82. The van der Waals surface area contributed by atoms with Crippen LogP contribution in [0.3, 0.4) is 0 Å². The monoisotopic (exact) mass is 277 g/mol. The quantitative estimate of drug-likeness (QED) is 0.863. The maximum atomic E-state index is 5.59. The van der Waals surface area contributed by atoms with Gasteiger partial charge in [-0.25, -0.2) is 0 Å². The van der Waals surface area contributed by atoms with Crippen molar-refractivity contribution in [2.45, 2.75) is 25.8 Å². The van der Waals surface area contributed by atoms with Crippen LogP contribution in [-0.4, -0.2) is 50.8 Å². The highest BCUT2D eigenvalue weighted by Crippen LogP contribution is 2.22. The third-order valence-electron chi connectivity index (χ3n) is 4.18. The summed E-state index contributed by atoms with van der Waals surface area (Å²) < 4.78 is 5.30. The van der Waals surface area contributed by atoms with Crippen molar-refractivity contribution >= 4 is 5.69 Å². The minimum Gasteiger partial charge on any atom is -0.497 e. The number of hydrogen-bond acceptors (Lipinski definition) is 4. The molecule has 20 heavy (non-hydrogen) atoms. The molecule has 1 fully saturated rings. The lowest BCUT2D eigenvalue weighted by Gasteiger charge is -2.39. The Hall–Kier alpha value is -1.26. The molecule has 1 aliphatic rings. The van der Waals surface area contributed by atoms with Crippen molar-refractivity contribution in [1.29, 1.82) is 0 Å². The van der Waals surface area contributed by atoms with Gasteiger partial charge in [-0.3, -0.25) is 4.90 Å². The Labute approximate surface area is 122 Å². The highest BCUT2D eigenvalue weighted by Gasteiger charge is 2.21. The van der Waals surface area contributed by atoms with Crippen LogP contribution in [0.15, 0.2) is 24.3 Å². The molecule has 1 aromatic rings. The molecule has 1 aromatic carbocycles. The average molecular weight is 277 g/mol. The summed E-state index contributed by atoms with van der Waals surface area (Å²) in [5.41, 5.74) is 6.86. The van der Waals surface area contributed by atoms with E-state index in [4.69, 9.17) is 10.5 Å². The zero-order valence-corrected chi connectivity index (χ0v) is 12.7. The lowest BCUT2D eigenvalue weighted by Crippen LogP contribution is -2.49. The summed E-state index contributed by atoms with van der Waals surface area (Å²) in [5, 5.41) is 0. The minimum atomic E-state index is 0.644. The molecular formula is C16H27N3O. The third-order valence-corrected chi connectivity index (χ3v) is 4.18. The maximum absolute atomic E-state index is 5.59. The first-order chi connectivity index (χ1) is 9.74. The van der Waals surface area contributed by atoms with E-state index in [0.717, 1.165) is 44.9 Å². The Morgan fingerprint density at radius 3 is 2.65 bits per heavy atom. The topological polar surface area (TPSA) is 41.7 Å². The molecular weight excluding hydrogens is 250 g/mol. The van der Waals surface area contributed by atoms with Gasteiger partial charge in [-0.2, -0.15) is 0 Å². The number of rotatable bonds is 6. The molecule has 1 saturated heterocycles. The Morgan fingerprint density at radius 1 is 1.25 bits per heavy atom. The van der Waals surface area contributed by atoms with E-state index in [1.165, 1.54) is 12.1 Å². The number of hydrogen-bond donors (Lipinski definition) is 1. The molecule has 0 spiro atoms. The fraction of sp³-hybridized carbons (Fsp3) is 0.625. The first-order valence-corrected chi connectivity index (χ1v) is 7.57. The second kappa shape index (κ2) is 7.50. The summed E-state index contributed by atoms with van der Waals surface area (Å²) >= 11 is 0. The van der Waals surface area contributed by atoms with E-state index in [2.05, 4.69) is 34.9 Å². The number of nitrogens with two attached hydrogens (primary N) is 1. The molecule has 2 N–H and O–H groups in total. The molecule has 1 heterocycles. The van der Waals surface area contributed by atoms with Crippen molar-refractivity contribution < 1.29 is 4.74 Å². The summed E-state index contributed by atoms with van der Waals surface area (Å²) in [6, 6.07) is 8.98. The van der Waals surface area contributed by atoms with E-state index in [-0.39, 0.29) is 0 Å². The molecule has 1 aliphatic heterocycles. The number of methoxy groups -OCH3 is 1. The van der Waals surface area contributed by atoms with Crippen molar-refractivity contribution in [3.8, 4) is 5.75 Å². The van der Waals surface area contributed by atoms with E-state index < -0.39 is 0 Å². The normalized spacial score (nSPS) is 18.1. The Morgan fingerprint density at radius 2 is 2.00 bits per heavy atom. The van der Waals surface area contributed by atoms with Crippen molar-refractivity contribution in [3.05, 3.63) is 24.3 Å². The fourth-order valence-electron chi connectivity index (χ4n) is 2.82. The first kappa shape index (κ1) is 15.1. The number of benzene rings is 1. The summed E-state index contributed by atoms with van der Waals surface area (Å²) in [7, 11) is 1.72. The molecule has 0 amide bonds. The molecule has 0 bridgehead atoms. The lowest BCUT2D eigenvalue weighted by molar-refractivity contribution is 0.187. The van der Waals surface area contributed by atoms with E-state index in [0.29, 0.717) is 6.04 Å². The SMILES string of the molecule is COc1cccc(N2CCN(C(C)CCCN)CC2)c1. The van der Waals surface area contributed by atoms with Crippen molar-refractivity contribution in [3.63, 3.8) is 0 Å². The van der Waals surface area contributed by atoms with E-state index >= 15 is 0 Å². The molecule has 1 atom stereocenters. The molecule has 112 valence electrons. The van der Waals surface area contributed by atoms with Gasteiger partial charge in [0, 0.05) is 44.0 Å². The van der Waals surface area contributed by atoms with Gasteiger partial charge < -0.3 is 15.4 Å². The van der Waals surface area contributed by atoms with Gasteiger partial charge in [0.25, 0.3) is 0 Å². The molecule has 2 rings (SSSR count). The highest BCUT2D eigenvalue weighted by molar-refractivity contribution is 5.51. The molecule has 1 unspecified atom stereocenters. The smallest absolute Gasteiger partial charge is 0.120 e. The summed E-state index contributed by atoms with van der Waals surface area (Å²) in [6.45, 7) is 7.54. The van der Waals surface area contributed by atoms with Crippen molar-refractivity contribution in [2.75, 3.05) is 44.7 Å². The Balaban J connectivity index is 1.87. The first-order valence-electron chi connectivity index (χ1n) is 7.57. The van der Waals surface area contributed by atoms with Crippen LogP contribution in [0.4, 0.5) is 5.69 Å². The lowest BCUT2D eigenvalue weighted by atomic mass is 10.1. The minimum absolute atomic E-state index is 0.644. The van der Waals surface area contributed by atoms with Gasteiger partial charge in [-0.05, 0) is 38.4 Å². The van der Waals surface area contributed by atoms with Crippen LogP contribution in [0.5, 0.6) is 5.75 Å². The van der Waals surface area contributed by atoms with Gasteiger partial charge in [0.1, 0.15) is 5.75 Å². The van der Waals surface area contributed by atoms with Gasteiger partial charge in [-0.15, -0.1) is 0 Å². The van der Waals surface area contributed by atoms with Crippen LogP contribution in [0.2, 0.25) is 0 Å². The number of ether oxygens (including phenoxy) is 1. The zero-order chi connectivity index (χ0) is 14.4. The van der Waals surface area contributed by atoms with Gasteiger partial charge in [0.05, 0.1) is 7.11 Å². The Bertz CT molecular complexity index is 402. The highest BCUT2D eigenvalue weighted by atomic mass is 16.5. The average Bonchev–Trinajstić information content (AvgIpc) is 2.52. The molecule has 4 heteroatoms. The summed E-state index contributed by atoms with van der Waals surface area (Å²) in [5.74, 6) is 0.932.